The van der Waals surface area contributed by atoms with Gasteiger partial charge >= 0.3 is 6.36 Å². The predicted octanol–water partition coefficient (Wildman–Crippen LogP) is 3.80. The van der Waals surface area contributed by atoms with E-state index in [1.807, 2.05) is 21.3 Å². The Morgan fingerprint density at radius 2 is 2.00 bits per heavy atom. The third-order valence-corrected chi connectivity index (χ3v) is 6.84. The Hall–Kier alpha value is -2.46. The molecule has 1 amide bonds. The van der Waals surface area contributed by atoms with E-state index < -0.39 is 6.36 Å². The first-order chi connectivity index (χ1) is 15.8. The van der Waals surface area contributed by atoms with Crippen molar-refractivity contribution in [3.05, 3.63) is 59.4 Å². The average molecular weight is 481 g/mol. The molecule has 1 saturated heterocycles. The minimum absolute atomic E-state index is 0.00438. The standard InChI is InChI=1S/C23H27F3N4O2S/c1-2-9-30-20-8-5-17(27-15-16-3-6-18(7-4-16)32-23(24,25)26)14-19(20)21(28-30)22(31)29-10-12-33-13-11-29/h2-4,6-7,17,27H,1,5,8-15H2/t17-/m1/s1. The number of nitrogens with one attached hydrogen (secondary N) is 1. The van der Waals surface area contributed by atoms with Gasteiger partial charge in [-0.1, -0.05) is 18.2 Å². The van der Waals surface area contributed by atoms with Gasteiger partial charge in [0.25, 0.3) is 5.91 Å². The van der Waals surface area contributed by atoms with Crippen LogP contribution in [0, 0.1) is 0 Å². The lowest BCUT2D eigenvalue weighted by Crippen LogP contribution is -2.39. The molecule has 0 radical (unpaired) electrons. The molecule has 10 heteroatoms. The van der Waals surface area contributed by atoms with Crippen LogP contribution in [0.2, 0.25) is 0 Å². The van der Waals surface area contributed by atoms with Crippen LogP contribution in [0.1, 0.15) is 33.7 Å². The lowest BCUT2D eigenvalue weighted by Gasteiger charge is -2.27. The molecule has 1 aromatic carbocycles. The van der Waals surface area contributed by atoms with Crippen LogP contribution in [-0.4, -0.2) is 57.6 Å². The number of ether oxygens (including phenoxy) is 1. The summed E-state index contributed by atoms with van der Waals surface area (Å²) in [5.74, 6) is 1.65. The highest BCUT2D eigenvalue weighted by atomic mass is 32.2. The van der Waals surface area contributed by atoms with Crippen molar-refractivity contribution in [3.8, 4) is 5.75 Å². The first kappa shape index (κ1) is 23.7. The molecule has 2 aromatic rings. The van der Waals surface area contributed by atoms with E-state index in [-0.39, 0.29) is 17.7 Å². The number of alkyl halides is 3. The average Bonchev–Trinajstić information content (AvgIpc) is 3.15. The second kappa shape index (κ2) is 10.2. The van der Waals surface area contributed by atoms with Gasteiger partial charge in [0.05, 0.1) is 6.54 Å². The highest BCUT2D eigenvalue weighted by Gasteiger charge is 2.32. The Kier molecular flexibility index (Phi) is 7.33. The van der Waals surface area contributed by atoms with Crippen LogP contribution in [0.4, 0.5) is 13.2 Å². The van der Waals surface area contributed by atoms with Crippen LogP contribution < -0.4 is 10.1 Å². The number of rotatable bonds is 7. The molecule has 6 nitrogen and oxygen atoms in total. The quantitative estimate of drug-likeness (QED) is 0.611. The number of benzene rings is 1. The zero-order valence-electron chi connectivity index (χ0n) is 18.2. The summed E-state index contributed by atoms with van der Waals surface area (Å²) in [4.78, 5) is 15.1. The Labute approximate surface area is 195 Å². The number of hydrogen-bond acceptors (Lipinski definition) is 5. The molecular formula is C23H27F3N4O2S. The molecule has 1 aliphatic heterocycles. The molecular weight excluding hydrogens is 453 g/mol. The lowest BCUT2D eigenvalue weighted by atomic mass is 9.91. The SMILES string of the molecule is C=CCn1nc(C(=O)N2CCSCC2)c2c1CC[C@@H](NCc1ccc(OC(F)(F)F)cc1)C2. The van der Waals surface area contributed by atoms with Crippen molar-refractivity contribution < 1.29 is 22.7 Å². The molecule has 2 aliphatic rings. The van der Waals surface area contributed by atoms with E-state index in [1.165, 1.54) is 12.1 Å². The van der Waals surface area contributed by atoms with Gasteiger partial charge < -0.3 is 15.0 Å². The Balaban J connectivity index is 1.43. The molecule has 0 unspecified atom stereocenters. The molecule has 0 spiro atoms. The number of carbonyl (C=O) groups excluding carboxylic acids is 1. The van der Waals surface area contributed by atoms with Crippen LogP contribution in [0.3, 0.4) is 0 Å². The van der Waals surface area contributed by atoms with Crippen molar-refractivity contribution in [2.45, 2.75) is 44.8 Å². The number of aromatic nitrogens is 2. The number of hydrogen-bond donors (Lipinski definition) is 1. The van der Waals surface area contributed by atoms with Crippen LogP contribution in [0.25, 0.3) is 0 Å². The van der Waals surface area contributed by atoms with E-state index in [0.29, 0.717) is 25.2 Å². The van der Waals surface area contributed by atoms with Gasteiger partial charge in [0.15, 0.2) is 5.69 Å². The molecule has 2 heterocycles. The summed E-state index contributed by atoms with van der Waals surface area (Å²) >= 11 is 1.86. The highest BCUT2D eigenvalue weighted by molar-refractivity contribution is 7.99. The molecule has 0 bridgehead atoms. The van der Waals surface area contributed by atoms with Crippen molar-refractivity contribution in [3.63, 3.8) is 0 Å². The number of carbonyl (C=O) groups is 1. The van der Waals surface area contributed by atoms with Crippen molar-refractivity contribution in [2.75, 3.05) is 24.6 Å². The molecule has 1 N–H and O–H groups in total. The van der Waals surface area contributed by atoms with Gasteiger partial charge in [0, 0.05) is 48.4 Å². The summed E-state index contributed by atoms with van der Waals surface area (Å²) < 4.78 is 42.8. The summed E-state index contributed by atoms with van der Waals surface area (Å²) in [5.41, 5.74) is 3.49. The molecule has 1 atom stereocenters. The minimum atomic E-state index is -4.70. The van der Waals surface area contributed by atoms with Crippen LogP contribution >= 0.6 is 11.8 Å². The Morgan fingerprint density at radius 1 is 1.27 bits per heavy atom. The van der Waals surface area contributed by atoms with Crippen LogP contribution in [0.5, 0.6) is 5.75 Å². The fourth-order valence-corrected chi connectivity index (χ4v) is 5.20. The van der Waals surface area contributed by atoms with Gasteiger partial charge in [-0.15, -0.1) is 19.8 Å². The van der Waals surface area contributed by atoms with E-state index in [2.05, 4.69) is 21.7 Å². The maximum atomic E-state index is 13.2. The van der Waals surface area contributed by atoms with Gasteiger partial charge in [0.2, 0.25) is 0 Å². The van der Waals surface area contributed by atoms with Gasteiger partial charge in [-0.05, 0) is 37.0 Å². The topological polar surface area (TPSA) is 59.4 Å². The highest BCUT2D eigenvalue weighted by Crippen LogP contribution is 2.27. The third-order valence-electron chi connectivity index (χ3n) is 5.90. The van der Waals surface area contributed by atoms with Gasteiger partial charge in [-0.25, -0.2) is 0 Å². The van der Waals surface area contributed by atoms with Crippen molar-refractivity contribution in [2.24, 2.45) is 0 Å². The van der Waals surface area contributed by atoms with E-state index in [4.69, 9.17) is 0 Å². The minimum Gasteiger partial charge on any atom is -0.406 e. The van der Waals surface area contributed by atoms with E-state index in [0.717, 1.165) is 54.3 Å². The number of nitrogens with zero attached hydrogens (tertiary/aromatic N) is 3. The molecule has 1 aromatic heterocycles. The van der Waals surface area contributed by atoms with Gasteiger partial charge in [-0.3, -0.25) is 9.48 Å². The number of fused-ring (bicyclic) bond motifs is 1. The maximum Gasteiger partial charge on any atom is 0.573 e. The summed E-state index contributed by atoms with van der Waals surface area (Å²) in [5, 5.41) is 8.15. The number of allylic oxidation sites excluding steroid dienone is 1. The second-order valence-electron chi connectivity index (χ2n) is 8.16. The normalized spacial score (nSPS) is 18.6. The molecule has 178 valence electrons. The van der Waals surface area contributed by atoms with Crippen molar-refractivity contribution in [1.29, 1.82) is 0 Å². The fraction of sp³-hybridized carbons (Fsp3) is 0.478. The maximum absolute atomic E-state index is 13.2. The first-order valence-electron chi connectivity index (χ1n) is 11.0. The predicted molar refractivity (Wildman–Crippen MR) is 121 cm³/mol. The zero-order chi connectivity index (χ0) is 23.4. The lowest BCUT2D eigenvalue weighted by molar-refractivity contribution is -0.274. The number of amides is 1. The zero-order valence-corrected chi connectivity index (χ0v) is 19.1. The van der Waals surface area contributed by atoms with E-state index in [9.17, 15) is 18.0 Å². The van der Waals surface area contributed by atoms with Crippen LogP contribution in [-0.2, 0) is 25.9 Å². The largest absolute Gasteiger partial charge is 0.573 e. The summed E-state index contributed by atoms with van der Waals surface area (Å²) in [7, 11) is 0. The van der Waals surface area contributed by atoms with E-state index >= 15 is 0 Å². The number of halogens is 3. The van der Waals surface area contributed by atoms with E-state index in [1.54, 1.807) is 18.2 Å². The van der Waals surface area contributed by atoms with Gasteiger partial charge in [0.1, 0.15) is 5.75 Å². The van der Waals surface area contributed by atoms with Gasteiger partial charge in [-0.2, -0.15) is 16.9 Å². The van der Waals surface area contributed by atoms with Crippen molar-refractivity contribution >= 4 is 17.7 Å². The molecule has 1 fully saturated rings. The Bertz CT molecular complexity index is 985. The number of thioether (sulfide) groups is 1. The molecule has 4 rings (SSSR count). The molecule has 33 heavy (non-hydrogen) atoms. The second-order valence-corrected chi connectivity index (χ2v) is 9.39. The fourth-order valence-electron chi connectivity index (χ4n) is 4.29. The molecule has 0 saturated carbocycles. The van der Waals surface area contributed by atoms with Crippen molar-refractivity contribution in [1.82, 2.24) is 20.0 Å². The summed E-state index contributed by atoms with van der Waals surface area (Å²) in [6.45, 7) is 6.37. The smallest absolute Gasteiger partial charge is 0.406 e. The summed E-state index contributed by atoms with van der Waals surface area (Å²) in [6, 6.07) is 6.02. The monoisotopic (exact) mass is 480 g/mol. The summed E-state index contributed by atoms with van der Waals surface area (Å²) in [6.07, 6.45) is -0.535. The van der Waals surface area contributed by atoms with Crippen LogP contribution in [0.15, 0.2) is 36.9 Å². The third kappa shape index (κ3) is 5.92. The first-order valence-corrected chi connectivity index (χ1v) is 12.1. The Morgan fingerprint density at radius 3 is 2.67 bits per heavy atom. The molecule has 1 aliphatic carbocycles.